The van der Waals surface area contributed by atoms with E-state index in [0.29, 0.717) is 10.6 Å². The van der Waals surface area contributed by atoms with Crippen molar-refractivity contribution in [3.05, 3.63) is 59.7 Å². The van der Waals surface area contributed by atoms with Gasteiger partial charge in [0.1, 0.15) is 22.2 Å². The van der Waals surface area contributed by atoms with Crippen molar-refractivity contribution in [2.75, 3.05) is 0 Å². The van der Waals surface area contributed by atoms with Gasteiger partial charge >= 0.3 is 6.18 Å². The quantitative estimate of drug-likeness (QED) is 0.909. The molecule has 0 fully saturated rings. The third kappa shape index (κ3) is 2.74. The number of rotatable bonds is 2. The molecular weight excluding hydrogens is 329 g/mol. The van der Waals surface area contributed by atoms with Crippen LogP contribution in [0.4, 0.5) is 13.2 Å². The second kappa shape index (κ2) is 5.35. The lowest BCUT2D eigenvalue weighted by Gasteiger charge is -2.29. The van der Waals surface area contributed by atoms with Gasteiger partial charge in [0.2, 0.25) is 5.44 Å². The third-order valence-corrected chi connectivity index (χ3v) is 5.46. The summed E-state index contributed by atoms with van der Waals surface area (Å²) >= 11 is 0. The SMILES string of the molecule is C[C@](O)(c1ccc(C(F)(F)F)cc1)[C@H]1Oc2ccccc2S1=O. The first-order chi connectivity index (χ1) is 10.7. The lowest BCUT2D eigenvalue weighted by atomic mass is 9.95. The van der Waals surface area contributed by atoms with E-state index < -0.39 is 33.6 Å². The molecule has 0 spiro atoms. The highest BCUT2D eigenvalue weighted by Gasteiger charge is 2.45. The molecule has 0 saturated carbocycles. The number of halogens is 3. The van der Waals surface area contributed by atoms with Gasteiger partial charge in [0, 0.05) is 0 Å². The first-order valence-corrected chi connectivity index (χ1v) is 7.99. The highest BCUT2D eigenvalue weighted by atomic mass is 32.2. The van der Waals surface area contributed by atoms with E-state index >= 15 is 0 Å². The van der Waals surface area contributed by atoms with E-state index in [2.05, 4.69) is 0 Å². The molecule has 23 heavy (non-hydrogen) atoms. The van der Waals surface area contributed by atoms with Gasteiger partial charge in [0.15, 0.2) is 0 Å². The van der Waals surface area contributed by atoms with E-state index in [1.165, 1.54) is 19.1 Å². The molecule has 0 radical (unpaired) electrons. The summed E-state index contributed by atoms with van der Waals surface area (Å²) in [4.78, 5) is 0.463. The Bertz CT molecular complexity index is 754. The van der Waals surface area contributed by atoms with E-state index in [-0.39, 0.29) is 5.56 Å². The molecule has 0 saturated heterocycles. The number of alkyl halides is 3. The van der Waals surface area contributed by atoms with Gasteiger partial charge in [-0.05, 0) is 36.8 Å². The number of benzene rings is 2. The average molecular weight is 342 g/mol. The minimum atomic E-state index is -4.45. The van der Waals surface area contributed by atoms with Crippen LogP contribution in [0.5, 0.6) is 5.75 Å². The van der Waals surface area contributed by atoms with Gasteiger partial charge in [0.25, 0.3) is 0 Å². The van der Waals surface area contributed by atoms with Crippen LogP contribution in [0, 0.1) is 0 Å². The van der Waals surface area contributed by atoms with Gasteiger partial charge in [-0.2, -0.15) is 13.2 Å². The minimum Gasteiger partial charge on any atom is -0.472 e. The molecule has 1 aliphatic heterocycles. The van der Waals surface area contributed by atoms with E-state index in [9.17, 15) is 22.5 Å². The zero-order valence-corrected chi connectivity index (χ0v) is 12.8. The largest absolute Gasteiger partial charge is 0.472 e. The molecule has 7 heteroatoms. The Morgan fingerprint density at radius 1 is 1.04 bits per heavy atom. The van der Waals surface area contributed by atoms with Crippen LogP contribution in [-0.2, 0) is 22.6 Å². The van der Waals surface area contributed by atoms with Crippen molar-refractivity contribution >= 4 is 10.8 Å². The zero-order valence-electron chi connectivity index (χ0n) is 12.0. The van der Waals surface area contributed by atoms with Crippen molar-refractivity contribution in [2.45, 2.75) is 29.0 Å². The van der Waals surface area contributed by atoms with Crippen molar-refractivity contribution in [2.24, 2.45) is 0 Å². The van der Waals surface area contributed by atoms with Crippen LogP contribution in [0.1, 0.15) is 18.1 Å². The normalized spacial score (nSPS) is 23.0. The molecule has 3 nitrogen and oxygen atoms in total. The molecule has 1 aliphatic rings. The summed E-state index contributed by atoms with van der Waals surface area (Å²) < 4.78 is 55.9. The monoisotopic (exact) mass is 342 g/mol. The van der Waals surface area contributed by atoms with Crippen molar-refractivity contribution in [3.63, 3.8) is 0 Å². The summed E-state index contributed by atoms with van der Waals surface area (Å²) in [7, 11) is -1.62. The maximum absolute atomic E-state index is 12.6. The molecule has 2 aromatic rings. The Hall–Kier alpha value is -1.86. The van der Waals surface area contributed by atoms with E-state index in [0.717, 1.165) is 12.1 Å². The van der Waals surface area contributed by atoms with Crippen molar-refractivity contribution in [1.82, 2.24) is 0 Å². The topological polar surface area (TPSA) is 46.5 Å². The summed E-state index contributed by atoms with van der Waals surface area (Å²) in [5, 5.41) is 10.7. The Balaban J connectivity index is 1.92. The predicted octanol–water partition coefficient (Wildman–Crippen LogP) is 3.44. The van der Waals surface area contributed by atoms with E-state index in [1.807, 2.05) is 0 Å². The number of aliphatic hydroxyl groups is 1. The van der Waals surface area contributed by atoms with Gasteiger partial charge in [-0.25, -0.2) is 0 Å². The second-order valence-corrected chi connectivity index (χ2v) is 6.88. The summed E-state index contributed by atoms with van der Waals surface area (Å²) in [5.74, 6) is 0.406. The van der Waals surface area contributed by atoms with Gasteiger partial charge in [-0.15, -0.1) is 0 Å². The van der Waals surface area contributed by atoms with Crippen LogP contribution in [-0.4, -0.2) is 14.8 Å². The van der Waals surface area contributed by atoms with Gasteiger partial charge < -0.3 is 9.84 Å². The predicted molar refractivity (Wildman–Crippen MR) is 78.3 cm³/mol. The Morgan fingerprint density at radius 3 is 2.17 bits per heavy atom. The second-order valence-electron chi connectivity index (χ2n) is 5.42. The zero-order chi connectivity index (χ0) is 16.8. The number of hydrogen-bond donors (Lipinski definition) is 1. The molecule has 3 rings (SSSR count). The van der Waals surface area contributed by atoms with Crippen molar-refractivity contribution < 1.29 is 27.2 Å². The molecule has 0 aliphatic carbocycles. The summed E-state index contributed by atoms with van der Waals surface area (Å²) in [6, 6.07) is 10.8. The summed E-state index contributed by atoms with van der Waals surface area (Å²) in [6.45, 7) is 1.38. The number of ether oxygens (including phenoxy) is 1. The first kappa shape index (κ1) is 16.0. The Labute approximate surface area is 133 Å². The molecular formula is C16H13F3O3S. The van der Waals surface area contributed by atoms with Gasteiger partial charge in [-0.3, -0.25) is 4.21 Å². The molecule has 1 unspecified atom stereocenters. The van der Waals surface area contributed by atoms with Crippen LogP contribution in [0.25, 0.3) is 0 Å². The van der Waals surface area contributed by atoms with Crippen LogP contribution < -0.4 is 4.74 Å². The van der Waals surface area contributed by atoms with Crippen LogP contribution >= 0.6 is 0 Å². The van der Waals surface area contributed by atoms with Gasteiger partial charge in [0.05, 0.1) is 10.5 Å². The van der Waals surface area contributed by atoms with Crippen LogP contribution in [0.3, 0.4) is 0 Å². The maximum Gasteiger partial charge on any atom is 0.416 e. The minimum absolute atomic E-state index is 0.205. The van der Waals surface area contributed by atoms with Crippen LogP contribution in [0.15, 0.2) is 53.4 Å². The standard InChI is InChI=1S/C16H13F3O3S/c1-15(20,10-6-8-11(9-7-10)16(17,18)19)14-22-12-4-2-3-5-13(12)23(14)21/h2-9,14,20H,1H3/t14-,15-,23?/m0/s1. The number of fused-ring (bicyclic) bond motifs is 1. The Morgan fingerprint density at radius 2 is 1.61 bits per heavy atom. The first-order valence-electron chi connectivity index (χ1n) is 6.77. The van der Waals surface area contributed by atoms with Gasteiger partial charge in [-0.1, -0.05) is 24.3 Å². The smallest absolute Gasteiger partial charge is 0.416 e. The fourth-order valence-corrected chi connectivity index (χ4v) is 3.95. The number of hydrogen-bond acceptors (Lipinski definition) is 3. The summed E-state index contributed by atoms with van der Waals surface area (Å²) in [5.41, 5.74) is -3.39. The van der Waals surface area contributed by atoms with Crippen LogP contribution in [0.2, 0.25) is 0 Å². The fourth-order valence-electron chi connectivity index (χ4n) is 2.44. The average Bonchev–Trinajstić information content (AvgIpc) is 2.85. The lowest BCUT2D eigenvalue weighted by Crippen LogP contribution is -2.41. The molecule has 0 bridgehead atoms. The highest BCUT2D eigenvalue weighted by Crippen LogP contribution is 2.41. The van der Waals surface area contributed by atoms with E-state index in [1.54, 1.807) is 24.3 Å². The third-order valence-electron chi connectivity index (χ3n) is 3.75. The maximum atomic E-state index is 12.6. The summed E-state index contributed by atoms with van der Waals surface area (Å²) in [6.07, 6.45) is -4.45. The van der Waals surface area contributed by atoms with E-state index in [4.69, 9.17) is 4.74 Å². The lowest BCUT2D eigenvalue weighted by molar-refractivity contribution is -0.137. The Kier molecular flexibility index (Phi) is 3.72. The molecule has 1 N–H and O–H groups in total. The van der Waals surface area contributed by atoms with Crippen molar-refractivity contribution in [3.8, 4) is 5.75 Å². The molecule has 3 atom stereocenters. The van der Waals surface area contributed by atoms with Crippen molar-refractivity contribution in [1.29, 1.82) is 0 Å². The highest BCUT2D eigenvalue weighted by molar-refractivity contribution is 7.86. The number of para-hydroxylation sites is 1. The molecule has 122 valence electrons. The fraction of sp³-hybridized carbons (Fsp3) is 0.250. The molecule has 0 amide bonds. The molecule has 2 aromatic carbocycles. The molecule has 0 aromatic heterocycles. The molecule has 1 heterocycles.